The van der Waals surface area contributed by atoms with Gasteiger partial charge in [0.05, 0.1) is 0 Å². The number of likely N-dealkylation sites (tertiary alicyclic amines) is 1. The van der Waals surface area contributed by atoms with E-state index in [1.807, 2.05) is 6.07 Å². The zero-order valence-electron chi connectivity index (χ0n) is 8.68. The second-order valence-corrected chi connectivity index (χ2v) is 5.40. The first-order valence-electron chi connectivity index (χ1n) is 5.42. The molecule has 0 radical (unpaired) electrons. The standard InChI is InChI=1S/C12H15BrClN/c13-11-5-4-10(12(14)8-11)9-15-6-2-1-3-7-15/h4-5,8H,1-3,6-7,9H2. The summed E-state index contributed by atoms with van der Waals surface area (Å²) in [7, 11) is 0. The van der Waals surface area contributed by atoms with Crippen molar-refractivity contribution in [3.8, 4) is 0 Å². The van der Waals surface area contributed by atoms with Gasteiger partial charge in [0.1, 0.15) is 0 Å². The number of hydrogen-bond donors (Lipinski definition) is 0. The largest absolute Gasteiger partial charge is 0.299 e. The molecule has 1 saturated heterocycles. The van der Waals surface area contributed by atoms with Gasteiger partial charge in [-0.15, -0.1) is 0 Å². The average molecular weight is 289 g/mol. The quantitative estimate of drug-likeness (QED) is 0.792. The molecule has 82 valence electrons. The minimum atomic E-state index is 0.870. The van der Waals surface area contributed by atoms with Gasteiger partial charge in [0.2, 0.25) is 0 Å². The van der Waals surface area contributed by atoms with Crippen molar-refractivity contribution in [2.24, 2.45) is 0 Å². The highest BCUT2D eigenvalue weighted by Crippen LogP contribution is 2.23. The van der Waals surface area contributed by atoms with Crippen LogP contribution in [-0.4, -0.2) is 18.0 Å². The number of halogens is 2. The molecule has 0 N–H and O–H groups in total. The summed E-state index contributed by atoms with van der Waals surface area (Å²) in [6, 6.07) is 6.15. The zero-order valence-corrected chi connectivity index (χ0v) is 11.0. The maximum absolute atomic E-state index is 6.19. The lowest BCUT2D eigenvalue weighted by Crippen LogP contribution is -2.29. The van der Waals surface area contributed by atoms with Crippen LogP contribution in [0.25, 0.3) is 0 Å². The second-order valence-electron chi connectivity index (χ2n) is 4.07. The molecule has 0 aliphatic carbocycles. The van der Waals surface area contributed by atoms with E-state index in [-0.39, 0.29) is 0 Å². The van der Waals surface area contributed by atoms with Crippen molar-refractivity contribution < 1.29 is 0 Å². The first-order chi connectivity index (χ1) is 7.25. The Morgan fingerprint density at radius 3 is 2.60 bits per heavy atom. The molecule has 0 unspecified atom stereocenters. The topological polar surface area (TPSA) is 3.24 Å². The van der Waals surface area contributed by atoms with E-state index in [2.05, 4.69) is 33.0 Å². The van der Waals surface area contributed by atoms with Crippen molar-refractivity contribution in [3.05, 3.63) is 33.3 Å². The van der Waals surface area contributed by atoms with E-state index in [4.69, 9.17) is 11.6 Å². The molecule has 0 aromatic heterocycles. The van der Waals surface area contributed by atoms with Crippen LogP contribution in [0.1, 0.15) is 24.8 Å². The Morgan fingerprint density at radius 1 is 1.20 bits per heavy atom. The minimum absolute atomic E-state index is 0.870. The number of rotatable bonds is 2. The number of piperidine rings is 1. The molecule has 0 amide bonds. The molecule has 1 aromatic rings. The van der Waals surface area contributed by atoms with Crippen LogP contribution in [0, 0.1) is 0 Å². The van der Waals surface area contributed by atoms with Crippen LogP contribution in [0.5, 0.6) is 0 Å². The summed E-state index contributed by atoms with van der Waals surface area (Å²) in [6.07, 6.45) is 4.03. The summed E-state index contributed by atoms with van der Waals surface area (Å²) in [6.45, 7) is 3.42. The third-order valence-corrected chi connectivity index (χ3v) is 3.70. The Balaban J connectivity index is 2.03. The smallest absolute Gasteiger partial charge is 0.0462 e. The first-order valence-corrected chi connectivity index (χ1v) is 6.59. The van der Waals surface area contributed by atoms with Crippen molar-refractivity contribution in [1.82, 2.24) is 4.90 Å². The van der Waals surface area contributed by atoms with Crippen molar-refractivity contribution in [1.29, 1.82) is 0 Å². The minimum Gasteiger partial charge on any atom is -0.299 e. The second kappa shape index (κ2) is 5.33. The van der Waals surface area contributed by atoms with E-state index in [0.29, 0.717) is 0 Å². The van der Waals surface area contributed by atoms with E-state index >= 15 is 0 Å². The number of hydrogen-bond acceptors (Lipinski definition) is 1. The average Bonchev–Trinajstić information content (AvgIpc) is 2.24. The third-order valence-electron chi connectivity index (χ3n) is 2.86. The molecule has 1 fully saturated rings. The predicted molar refractivity (Wildman–Crippen MR) is 68.3 cm³/mol. The summed E-state index contributed by atoms with van der Waals surface area (Å²) in [4.78, 5) is 2.48. The Bertz CT molecular complexity index is 334. The van der Waals surface area contributed by atoms with Gasteiger partial charge < -0.3 is 0 Å². The van der Waals surface area contributed by atoms with E-state index in [1.165, 1.54) is 37.9 Å². The Labute approximate surface area is 105 Å². The molecule has 0 atom stereocenters. The maximum Gasteiger partial charge on any atom is 0.0462 e. The molecular weight excluding hydrogens is 273 g/mol. The lowest BCUT2D eigenvalue weighted by molar-refractivity contribution is 0.221. The molecule has 3 heteroatoms. The van der Waals surface area contributed by atoms with Crippen molar-refractivity contribution in [3.63, 3.8) is 0 Å². The molecule has 1 aliphatic rings. The van der Waals surface area contributed by atoms with Gasteiger partial charge in [0.25, 0.3) is 0 Å². The molecule has 0 saturated carbocycles. The monoisotopic (exact) mass is 287 g/mol. The molecule has 0 spiro atoms. The molecule has 1 aliphatic heterocycles. The third kappa shape index (κ3) is 3.20. The zero-order chi connectivity index (χ0) is 10.7. The number of benzene rings is 1. The lowest BCUT2D eigenvalue weighted by Gasteiger charge is -2.26. The van der Waals surface area contributed by atoms with Crippen LogP contribution in [-0.2, 0) is 6.54 Å². The summed E-state index contributed by atoms with van der Waals surface area (Å²) in [5, 5.41) is 0.870. The fourth-order valence-corrected chi connectivity index (χ4v) is 2.74. The molecule has 2 rings (SSSR count). The fourth-order valence-electron chi connectivity index (χ4n) is 2.01. The van der Waals surface area contributed by atoms with Crippen molar-refractivity contribution in [2.75, 3.05) is 13.1 Å². The summed E-state index contributed by atoms with van der Waals surface area (Å²) < 4.78 is 1.05. The van der Waals surface area contributed by atoms with Crippen molar-refractivity contribution >= 4 is 27.5 Å². The summed E-state index contributed by atoms with van der Waals surface area (Å²) in [5.41, 5.74) is 1.24. The molecule has 15 heavy (non-hydrogen) atoms. The van der Waals surface area contributed by atoms with Crippen LogP contribution in [0.3, 0.4) is 0 Å². The van der Waals surface area contributed by atoms with Crippen LogP contribution in [0.2, 0.25) is 5.02 Å². The van der Waals surface area contributed by atoms with Gasteiger partial charge in [0, 0.05) is 16.0 Å². The van der Waals surface area contributed by atoms with E-state index in [0.717, 1.165) is 16.0 Å². The summed E-state index contributed by atoms with van der Waals surface area (Å²) >= 11 is 9.62. The summed E-state index contributed by atoms with van der Waals surface area (Å²) in [5.74, 6) is 0. The van der Waals surface area contributed by atoms with Crippen LogP contribution >= 0.6 is 27.5 Å². The van der Waals surface area contributed by atoms with Crippen molar-refractivity contribution in [2.45, 2.75) is 25.8 Å². The maximum atomic E-state index is 6.19. The Kier molecular flexibility index (Phi) is 4.06. The highest BCUT2D eigenvalue weighted by Gasteiger charge is 2.11. The van der Waals surface area contributed by atoms with Gasteiger partial charge in [-0.05, 0) is 43.6 Å². The molecule has 0 bridgehead atoms. The van der Waals surface area contributed by atoms with Gasteiger partial charge in [-0.25, -0.2) is 0 Å². The lowest BCUT2D eigenvalue weighted by atomic mass is 10.1. The van der Waals surface area contributed by atoms with Gasteiger partial charge >= 0.3 is 0 Å². The highest BCUT2D eigenvalue weighted by molar-refractivity contribution is 9.10. The molecular formula is C12H15BrClN. The van der Waals surface area contributed by atoms with E-state index in [1.54, 1.807) is 0 Å². The van der Waals surface area contributed by atoms with Gasteiger partial charge in [0.15, 0.2) is 0 Å². The van der Waals surface area contributed by atoms with E-state index < -0.39 is 0 Å². The Hall–Kier alpha value is -0.0500. The van der Waals surface area contributed by atoms with Gasteiger partial charge in [-0.1, -0.05) is 40.0 Å². The van der Waals surface area contributed by atoms with Gasteiger partial charge in [-0.3, -0.25) is 4.90 Å². The van der Waals surface area contributed by atoms with Gasteiger partial charge in [-0.2, -0.15) is 0 Å². The Morgan fingerprint density at radius 2 is 1.93 bits per heavy atom. The normalized spacial score (nSPS) is 18.0. The molecule has 1 nitrogen and oxygen atoms in total. The fraction of sp³-hybridized carbons (Fsp3) is 0.500. The SMILES string of the molecule is Clc1cc(Br)ccc1CN1CCCCC1. The molecule has 1 aromatic carbocycles. The number of nitrogens with zero attached hydrogens (tertiary/aromatic N) is 1. The van der Waals surface area contributed by atoms with E-state index in [9.17, 15) is 0 Å². The molecule has 1 heterocycles. The predicted octanol–water partition coefficient (Wildman–Crippen LogP) is 4.09. The van der Waals surface area contributed by atoms with Crippen LogP contribution in [0.15, 0.2) is 22.7 Å². The van der Waals surface area contributed by atoms with Crippen LogP contribution < -0.4 is 0 Å². The first kappa shape index (κ1) is 11.4. The highest BCUT2D eigenvalue weighted by atomic mass is 79.9. The van der Waals surface area contributed by atoms with Crippen LogP contribution in [0.4, 0.5) is 0 Å².